The third-order valence-electron chi connectivity index (χ3n) is 7.16. The molecule has 0 saturated carbocycles. The average molecular weight is 582 g/mol. The van der Waals surface area contributed by atoms with Crippen molar-refractivity contribution in [3.8, 4) is 29.1 Å². The molecule has 5 heterocycles. The van der Waals surface area contributed by atoms with E-state index in [1.807, 2.05) is 32.9 Å². The van der Waals surface area contributed by atoms with Crippen LogP contribution in [-0.4, -0.2) is 83.6 Å². The van der Waals surface area contributed by atoms with Gasteiger partial charge in [0.1, 0.15) is 17.7 Å². The van der Waals surface area contributed by atoms with Crippen LogP contribution in [0.3, 0.4) is 0 Å². The summed E-state index contributed by atoms with van der Waals surface area (Å²) in [5, 5.41) is 36.6. The summed E-state index contributed by atoms with van der Waals surface area (Å²) in [5.74, 6) is 0.635. The summed E-state index contributed by atoms with van der Waals surface area (Å²) >= 11 is 0. The normalized spacial score (nSPS) is 17.3. The van der Waals surface area contributed by atoms with E-state index in [0.717, 1.165) is 5.39 Å². The van der Waals surface area contributed by atoms with E-state index in [1.54, 1.807) is 40.4 Å². The highest BCUT2D eigenvalue weighted by Gasteiger charge is 2.27. The maximum atomic E-state index is 13.9. The molecule has 0 spiro atoms. The molecule has 5 rings (SSSR count). The van der Waals surface area contributed by atoms with Crippen molar-refractivity contribution in [2.24, 2.45) is 7.05 Å². The zero-order chi connectivity index (χ0) is 30.1. The number of halogens is 2. The van der Waals surface area contributed by atoms with Gasteiger partial charge in [-0.2, -0.15) is 15.5 Å². The first-order valence-electron chi connectivity index (χ1n) is 13.6. The quantitative estimate of drug-likeness (QED) is 0.349. The predicted octanol–water partition coefficient (Wildman–Crippen LogP) is 3.65. The first-order chi connectivity index (χ1) is 20.1. The molecule has 0 radical (unpaired) electrons. The van der Waals surface area contributed by atoms with Gasteiger partial charge in [-0.15, -0.1) is 5.10 Å². The van der Waals surface area contributed by atoms with E-state index in [0.29, 0.717) is 51.0 Å². The van der Waals surface area contributed by atoms with Crippen molar-refractivity contribution in [2.75, 3.05) is 26.3 Å². The Bertz CT molecular complexity index is 1670. The summed E-state index contributed by atoms with van der Waals surface area (Å²) in [5.41, 5.74) is 5.19. The number of pyridine rings is 1. The number of hydrogen-bond acceptors (Lipinski definition) is 9. The fourth-order valence-corrected chi connectivity index (χ4v) is 5.31. The number of nitrogens with one attached hydrogen (secondary N) is 1. The number of nitrogens with zero attached hydrogens (tertiary/aromatic N) is 8. The number of aromatic nitrogens is 7. The van der Waals surface area contributed by atoms with Gasteiger partial charge in [0, 0.05) is 25.5 Å². The lowest BCUT2D eigenvalue weighted by atomic mass is 10.1. The van der Waals surface area contributed by atoms with Crippen LogP contribution in [0.2, 0.25) is 0 Å². The van der Waals surface area contributed by atoms with E-state index in [2.05, 4.69) is 20.4 Å². The number of nitriles is 1. The smallest absolute Gasteiger partial charge is 0.251 e. The van der Waals surface area contributed by atoms with Crippen LogP contribution in [0.15, 0.2) is 6.07 Å². The first kappa shape index (κ1) is 29.2. The van der Waals surface area contributed by atoms with Crippen LogP contribution in [0, 0.1) is 25.2 Å². The van der Waals surface area contributed by atoms with Gasteiger partial charge in [0.2, 0.25) is 11.8 Å². The third kappa shape index (κ3) is 5.57. The number of aliphatic hydroxyl groups is 1. The number of ether oxygens (including phenoxy) is 2. The zero-order valence-electron chi connectivity index (χ0n) is 24.1. The number of aromatic amines is 1. The van der Waals surface area contributed by atoms with E-state index < -0.39 is 25.1 Å². The summed E-state index contributed by atoms with van der Waals surface area (Å²) in [4.78, 5) is 6.38. The summed E-state index contributed by atoms with van der Waals surface area (Å²) < 4.78 is 43.0. The van der Waals surface area contributed by atoms with Crippen molar-refractivity contribution >= 4 is 23.1 Å². The fraction of sp³-hybridized carbons (Fsp3) is 0.464. The largest absolute Gasteiger partial charge is 0.473 e. The summed E-state index contributed by atoms with van der Waals surface area (Å²) in [6.07, 6.45) is 0.440. The highest BCUT2D eigenvalue weighted by atomic mass is 19.3. The monoisotopic (exact) mass is 581 g/mol. The highest BCUT2D eigenvalue weighted by molar-refractivity contribution is 5.93. The van der Waals surface area contributed by atoms with Crippen molar-refractivity contribution in [1.29, 1.82) is 5.26 Å². The summed E-state index contributed by atoms with van der Waals surface area (Å²) in [7, 11) is 1.77. The van der Waals surface area contributed by atoms with Crippen molar-refractivity contribution in [2.45, 2.75) is 52.8 Å². The number of H-pyrrole nitrogens is 1. The third-order valence-corrected chi connectivity index (χ3v) is 7.16. The van der Waals surface area contributed by atoms with E-state index in [4.69, 9.17) is 14.5 Å². The molecule has 1 aliphatic rings. The van der Waals surface area contributed by atoms with E-state index in [1.165, 1.54) is 0 Å². The standard InChI is InChI=1S/C28H33F2N9O3/c1-15(14-40)39-23-12-38(13-24(29)30)11-16(2)42-28-25(17(3)35-37(28)5)22-10-20-21(33-34-26(20)18(4)32-22)7-6-19(23)27(36-39)41-9-8-31/h6-7,10,15-16,24,40H,9,11-14H2,1-5H3,(H,33,34)/b7-6+. The minimum absolute atomic E-state index is 0.0506. The molecular weight excluding hydrogens is 548 g/mol. The lowest BCUT2D eigenvalue weighted by Gasteiger charge is -2.27. The van der Waals surface area contributed by atoms with Crippen LogP contribution in [0.25, 0.3) is 34.3 Å². The lowest BCUT2D eigenvalue weighted by molar-refractivity contribution is 0.0582. The molecule has 0 aromatic carbocycles. The Morgan fingerprint density at radius 2 is 2.05 bits per heavy atom. The minimum Gasteiger partial charge on any atom is -0.473 e. The first-order valence-corrected chi connectivity index (χ1v) is 13.6. The molecule has 14 heteroatoms. The molecule has 0 amide bonds. The molecular formula is C28H33F2N9O3. The highest BCUT2D eigenvalue weighted by Crippen LogP contribution is 2.36. The van der Waals surface area contributed by atoms with Gasteiger partial charge >= 0.3 is 0 Å². The van der Waals surface area contributed by atoms with Crippen LogP contribution in [0.5, 0.6) is 11.8 Å². The number of alkyl halides is 2. The van der Waals surface area contributed by atoms with Gasteiger partial charge in [-0.25, -0.2) is 13.5 Å². The molecule has 12 nitrogen and oxygen atoms in total. The Kier molecular flexibility index (Phi) is 8.24. The van der Waals surface area contributed by atoms with Crippen LogP contribution in [0.4, 0.5) is 8.78 Å². The zero-order valence-corrected chi connectivity index (χ0v) is 24.1. The van der Waals surface area contributed by atoms with Crippen LogP contribution >= 0.6 is 0 Å². The molecule has 42 heavy (non-hydrogen) atoms. The fourth-order valence-electron chi connectivity index (χ4n) is 5.31. The SMILES string of the molecule is Cc1nn(C)c2c1-c1cc3c([nH]nc3c(C)n1)/C=C/c1c(OCC#N)nn(C(C)CO)c1CN(CC(F)F)CC(C)O2. The summed E-state index contributed by atoms with van der Waals surface area (Å²) in [6, 6.07) is 3.37. The van der Waals surface area contributed by atoms with E-state index in [-0.39, 0.29) is 32.2 Å². The average Bonchev–Trinajstić information content (AvgIpc) is 3.58. The number of fused-ring (bicyclic) bond motifs is 4. The number of rotatable bonds is 6. The second-order valence-corrected chi connectivity index (χ2v) is 10.5. The molecule has 1 aliphatic heterocycles. The Morgan fingerprint density at radius 1 is 1.26 bits per heavy atom. The van der Waals surface area contributed by atoms with Crippen LogP contribution in [-0.2, 0) is 13.6 Å². The maximum absolute atomic E-state index is 13.9. The van der Waals surface area contributed by atoms with Gasteiger partial charge in [-0.1, -0.05) is 0 Å². The number of aliphatic hydroxyl groups excluding tert-OH is 1. The van der Waals surface area contributed by atoms with Crippen LogP contribution < -0.4 is 9.47 Å². The molecule has 0 fully saturated rings. The number of hydrogen-bond donors (Lipinski definition) is 2. The van der Waals surface area contributed by atoms with Gasteiger partial charge in [-0.3, -0.25) is 19.7 Å². The van der Waals surface area contributed by atoms with Gasteiger partial charge < -0.3 is 14.6 Å². The van der Waals surface area contributed by atoms with Gasteiger partial charge in [0.05, 0.1) is 58.8 Å². The summed E-state index contributed by atoms with van der Waals surface area (Å²) in [6.45, 7) is 6.49. The Morgan fingerprint density at radius 3 is 2.76 bits per heavy atom. The predicted molar refractivity (Wildman–Crippen MR) is 151 cm³/mol. The lowest BCUT2D eigenvalue weighted by Crippen LogP contribution is -2.38. The van der Waals surface area contributed by atoms with Crippen molar-refractivity contribution in [3.63, 3.8) is 0 Å². The topological polar surface area (TPSA) is 143 Å². The maximum Gasteiger partial charge on any atom is 0.251 e. The van der Waals surface area contributed by atoms with E-state index in [9.17, 15) is 19.1 Å². The molecule has 2 unspecified atom stereocenters. The van der Waals surface area contributed by atoms with Crippen molar-refractivity contribution < 1.29 is 23.4 Å². The van der Waals surface area contributed by atoms with Crippen molar-refractivity contribution in [1.82, 2.24) is 39.6 Å². The Balaban J connectivity index is 1.76. The molecule has 222 valence electrons. The number of aryl methyl sites for hydroxylation is 3. The molecule has 4 aromatic rings. The Labute approximate surface area is 241 Å². The Hall–Kier alpha value is -4.35. The van der Waals surface area contributed by atoms with Gasteiger partial charge in [0.15, 0.2) is 6.61 Å². The molecule has 2 bridgehead atoms. The minimum atomic E-state index is -2.61. The van der Waals surface area contributed by atoms with Gasteiger partial charge in [-0.05, 0) is 45.9 Å². The molecule has 0 saturated heterocycles. The molecule has 2 atom stereocenters. The van der Waals surface area contributed by atoms with Crippen molar-refractivity contribution in [3.05, 3.63) is 34.4 Å². The van der Waals surface area contributed by atoms with Crippen LogP contribution in [0.1, 0.15) is 48.2 Å². The van der Waals surface area contributed by atoms with E-state index >= 15 is 0 Å². The van der Waals surface area contributed by atoms with Gasteiger partial charge in [0.25, 0.3) is 6.43 Å². The molecule has 4 aromatic heterocycles. The molecule has 0 aliphatic carbocycles. The second kappa shape index (κ2) is 11.9. The molecule has 2 N–H and O–H groups in total. The second-order valence-electron chi connectivity index (χ2n) is 10.5.